The summed E-state index contributed by atoms with van der Waals surface area (Å²) in [5, 5.41) is 14.1. The monoisotopic (exact) mass is 546 g/mol. The molecule has 1 aromatic heterocycles. The number of carbonyl (C=O) groups is 2. The Bertz CT molecular complexity index is 1390. The van der Waals surface area contributed by atoms with Crippen molar-refractivity contribution in [2.45, 2.75) is 31.6 Å². The number of aryl methyl sites for hydroxylation is 1. The summed E-state index contributed by atoms with van der Waals surface area (Å²) in [6, 6.07) is 9.56. The number of amides is 2. The predicted octanol–water partition coefficient (Wildman–Crippen LogP) is 5.35. The van der Waals surface area contributed by atoms with Gasteiger partial charge >= 0.3 is 6.09 Å². The zero-order chi connectivity index (χ0) is 27.1. The van der Waals surface area contributed by atoms with E-state index >= 15 is 0 Å². The molecule has 0 aliphatic carbocycles. The normalized spacial score (nSPS) is 20.2. The molecule has 38 heavy (non-hydrogen) atoms. The Labute approximate surface area is 222 Å². The third kappa shape index (κ3) is 4.97. The van der Waals surface area contributed by atoms with E-state index in [1.807, 2.05) is 13.0 Å². The molecule has 7 nitrogen and oxygen atoms in total. The van der Waals surface area contributed by atoms with Crippen LogP contribution in [0, 0.1) is 30.3 Å². The Balaban J connectivity index is 1.33. The van der Waals surface area contributed by atoms with Crippen LogP contribution in [0.1, 0.15) is 41.6 Å². The molecule has 0 bridgehead atoms. The third-order valence-corrected chi connectivity index (χ3v) is 7.79. The first kappa shape index (κ1) is 26.1. The number of hydrogen-bond acceptors (Lipinski definition) is 3. The average Bonchev–Trinajstić information content (AvgIpc) is 3.50. The van der Waals surface area contributed by atoms with E-state index < -0.39 is 35.4 Å². The molecule has 2 aliphatic rings. The Kier molecular flexibility index (Phi) is 7.09. The smallest absolute Gasteiger partial charge is 0.407 e. The molecule has 0 saturated carbocycles. The minimum atomic E-state index is -1.18. The lowest BCUT2D eigenvalue weighted by atomic mass is 9.86. The van der Waals surface area contributed by atoms with Crippen LogP contribution in [0.15, 0.2) is 42.5 Å². The average molecular weight is 547 g/mol. The zero-order valence-electron chi connectivity index (χ0n) is 20.6. The van der Waals surface area contributed by atoms with Crippen molar-refractivity contribution in [1.29, 1.82) is 0 Å². The highest BCUT2D eigenvalue weighted by Crippen LogP contribution is 2.37. The van der Waals surface area contributed by atoms with E-state index in [2.05, 4.69) is 5.10 Å². The highest BCUT2D eigenvalue weighted by atomic mass is 35.5. The number of piperidine rings is 1. The molecule has 3 heterocycles. The first-order chi connectivity index (χ1) is 18.1. The lowest BCUT2D eigenvalue weighted by molar-refractivity contribution is -0.136. The molecule has 3 aromatic rings. The van der Waals surface area contributed by atoms with Crippen LogP contribution in [0.2, 0.25) is 5.02 Å². The van der Waals surface area contributed by atoms with Crippen molar-refractivity contribution in [2.24, 2.45) is 5.92 Å². The SMILES string of the molecule is Cc1cc(C2CCN(C(=O)[C@@H]3CN(C(=O)O)C[C@H]3c3ccc(F)cc3F)CC2)n(-c2ccc(F)c(Cl)c2)n1. The van der Waals surface area contributed by atoms with Gasteiger partial charge < -0.3 is 14.9 Å². The maximum Gasteiger partial charge on any atom is 0.407 e. The van der Waals surface area contributed by atoms with Gasteiger partial charge in [0.2, 0.25) is 5.91 Å². The molecule has 2 aliphatic heterocycles. The van der Waals surface area contributed by atoms with Gasteiger partial charge in [0.1, 0.15) is 17.5 Å². The van der Waals surface area contributed by atoms with E-state index in [-0.39, 0.29) is 35.5 Å². The predicted molar refractivity (Wildman–Crippen MR) is 134 cm³/mol. The maximum absolute atomic E-state index is 14.6. The highest BCUT2D eigenvalue weighted by Gasteiger charge is 2.43. The van der Waals surface area contributed by atoms with E-state index in [4.69, 9.17) is 11.6 Å². The molecule has 5 rings (SSSR count). The van der Waals surface area contributed by atoms with Gasteiger partial charge in [-0.2, -0.15) is 5.10 Å². The van der Waals surface area contributed by atoms with Crippen LogP contribution in [0.25, 0.3) is 5.69 Å². The first-order valence-corrected chi connectivity index (χ1v) is 12.7. The number of likely N-dealkylation sites (tertiary alicyclic amines) is 2. The van der Waals surface area contributed by atoms with Crippen LogP contribution in [0.3, 0.4) is 0 Å². The van der Waals surface area contributed by atoms with E-state index in [0.717, 1.165) is 28.4 Å². The quantitative estimate of drug-likeness (QED) is 0.478. The summed E-state index contributed by atoms with van der Waals surface area (Å²) < 4.78 is 43.5. The molecule has 200 valence electrons. The van der Waals surface area contributed by atoms with Crippen molar-refractivity contribution in [2.75, 3.05) is 26.2 Å². The topological polar surface area (TPSA) is 78.7 Å². The largest absolute Gasteiger partial charge is 0.465 e. The molecule has 2 amide bonds. The molecule has 1 N–H and O–H groups in total. The van der Waals surface area contributed by atoms with Crippen molar-refractivity contribution in [3.8, 4) is 5.69 Å². The number of nitrogens with zero attached hydrogens (tertiary/aromatic N) is 4. The van der Waals surface area contributed by atoms with Crippen molar-refractivity contribution in [3.63, 3.8) is 0 Å². The molecule has 0 radical (unpaired) electrons. The summed E-state index contributed by atoms with van der Waals surface area (Å²) in [5.74, 6) is -3.67. The van der Waals surface area contributed by atoms with Gasteiger partial charge in [-0.1, -0.05) is 17.7 Å². The van der Waals surface area contributed by atoms with E-state index in [1.54, 1.807) is 15.6 Å². The van der Waals surface area contributed by atoms with Gasteiger partial charge in [-0.05, 0) is 55.7 Å². The fraction of sp³-hybridized carbons (Fsp3) is 0.370. The summed E-state index contributed by atoms with van der Waals surface area (Å²) in [7, 11) is 0. The van der Waals surface area contributed by atoms with Crippen LogP contribution in [-0.4, -0.2) is 62.9 Å². The summed E-state index contributed by atoms with van der Waals surface area (Å²) in [6.45, 7) is 2.64. The number of rotatable bonds is 4. The van der Waals surface area contributed by atoms with Crippen molar-refractivity contribution < 1.29 is 27.9 Å². The van der Waals surface area contributed by atoms with Gasteiger partial charge in [-0.15, -0.1) is 0 Å². The van der Waals surface area contributed by atoms with Gasteiger partial charge in [-0.3, -0.25) is 4.79 Å². The summed E-state index contributed by atoms with van der Waals surface area (Å²) in [6.07, 6.45) is 0.0871. The first-order valence-electron chi connectivity index (χ1n) is 12.4. The van der Waals surface area contributed by atoms with Crippen molar-refractivity contribution in [1.82, 2.24) is 19.6 Å². The fourth-order valence-electron chi connectivity index (χ4n) is 5.59. The Hall–Kier alpha value is -3.53. The molecule has 2 saturated heterocycles. The van der Waals surface area contributed by atoms with Gasteiger partial charge in [0.05, 0.1) is 22.3 Å². The lowest BCUT2D eigenvalue weighted by Crippen LogP contribution is -2.43. The van der Waals surface area contributed by atoms with Crippen LogP contribution in [-0.2, 0) is 4.79 Å². The van der Waals surface area contributed by atoms with E-state index in [9.17, 15) is 27.9 Å². The second-order valence-corrected chi connectivity index (χ2v) is 10.3. The van der Waals surface area contributed by atoms with Gasteiger partial charge in [0.15, 0.2) is 0 Å². The number of aromatic nitrogens is 2. The fourth-order valence-corrected chi connectivity index (χ4v) is 5.77. The van der Waals surface area contributed by atoms with E-state index in [0.29, 0.717) is 31.6 Å². The van der Waals surface area contributed by atoms with Crippen molar-refractivity contribution >= 4 is 23.6 Å². The van der Waals surface area contributed by atoms with Crippen LogP contribution in [0.5, 0.6) is 0 Å². The van der Waals surface area contributed by atoms with Gasteiger partial charge in [0, 0.05) is 49.8 Å². The number of carbonyl (C=O) groups excluding carboxylic acids is 1. The minimum Gasteiger partial charge on any atom is -0.465 e. The molecule has 0 spiro atoms. The van der Waals surface area contributed by atoms with Crippen LogP contribution >= 0.6 is 11.6 Å². The second kappa shape index (κ2) is 10.3. The molecular formula is C27H26ClF3N4O3. The highest BCUT2D eigenvalue weighted by molar-refractivity contribution is 6.30. The number of hydrogen-bond donors (Lipinski definition) is 1. The Morgan fingerprint density at radius 1 is 0.974 bits per heavy atom. The number of carboxylic acid groups (broad SMARTS) is 1. The molecule has 2 atom stereocenters. The van der Waals surface area contributed by atoms with Gasteiger partial charge in [-0.25, -0.2) is 22.6 Å². The maximum atomic E-state index is 14.6. The van der Waals surface area contributed by atoms with E-state index in [1.165, 1.54) is 18.2 Å². The number of halogens is 4. The zero-order valence-corrected chi connectivity index (χ0v) is 21.3. The summed E-state index contributed by atoms with van der Waals surface area (Å²) in [5.41, 5.74) is 2.51. The molecular weight excluding hydrogens is 521 g/mol. The molecule has 2 fully saturated rings. The van der Waals surface area contributed by atoms with Crippen molar-refractivity contribution in [3.05, 3.63) is 81.9 Å². The molecule has 2 aromatic carbocycles. The lowest BCUT2D eigenvalue weighted by Gasteiger charge is -2.34. The standard InChI is InChI=1S/C27H26ClF3N4O3/c1-15-10-25(35(32-15)18-3-5-23(30)22(28)12-18)16-6-8-33(9-7-16)26(36)21-14-34(27(37)38)13-20(21)19-4-2-17(29)11-24(19)31/h2-5,10-12,16,20-21H,6-9,13-14H2,1H3,(H,37,38)/t20-,21+/m0/s1. The van der Waals surface area contributed by atoms with Gasteiger partial charge in [0.25, 0.3) is 0 Å². The van der Waals surface area contributed by atoms with Crippen LogP contribution in [0.4, 0.5) is 18.0 Å². The van der Waals surface area contributed by atoms with Crippen LogP contribution < -0.4 is 0 Å². The Morgan fingerprint density at radius 2 is 1.71 bits per heavy atom. The second-order valence-electron chi connectivity index (χ2n) is 9.89. The Morgan fingerprint density at radius 3 is 2.37 bits per heavy atom. The molecule has 0 unspecified atom stereocenters. The minimum absolute atomic E-state index is 0.00105. The molecule has 11 heteroatoms. The number of benzene rings is 2. The third-order valence-electron chi connectivity index (χ3n) is 7.50. The summed E-state index contributed by atoms with van der Waals surface area (Å²) in [4.78, 5) is 28.0. The summed E-state index contributed by atoms with van der Waals surface area (Å²) >= 11 is 5.99.